The first-order valence-electron chi connectivity index (χ1n) is 6.32. The Morgan fingerprint density at radius 3 is 2.78 bits per heavy atom. The lowest BCUT2D eigenvalue weighted by atomic mass is 10.1. The molecule has 0 fully saturated rings. The SMILES string of the molecule is CCC(C)CN(CC)Cc1ncncc1C(=O)O. The summed E-state index contributed by atoms with van der Waals surface area (Å²) in [5, 5.41) is 9.08. The molecule has 0 aliphatic carbocycles. The van der Waals surface area contributed by atoms with E-state index in [-0.39, 0.29) is 5.56 Å². The lowest BCUT2D eigenvalue weighted by Gasteiger charge is -2.23. The molecule has 1 rings (SSSR count). The van der Waals surface area contributed by atoms with Gasteiger partial charge in [-0.1, -0.05) is 27.2 Å². The molecule has 0 aliphatic heterocycles. The molecule has 0 saturated carbocycles. The van der Waals surface area contributed by atoms with E-state index in [1.807, 2.05) is 0 Å². The number of hydrogen-bond acceptors (Lipinski definition) is 4. The molecule has 18 heavy (non-hydrogen) atoms. The molecule has 5 heteroatoms. The summed E-state index contributed by atoms with van der Waals surface area (Å²) in [6, 6.07) is 0. The number of aromatic nitrogens is 2. The molecule has 1 aromatic heterocycles. The van der Waals surface area contributed by atoms with Gasteiger partial charge in [0.15, 0.2) is 0 Å². The second kappa shape index (κ2) is 7.06. The maximum atomic E-state index is 11.1. The van der Waals surface area contributed by atoms with Crippen molar-refractivity contribution in [3.05, 3.63) is 23.8 Å². The average Bonchev–Trinajstić information content (AvgIpc) is 2.38. The first-order valence-corrected chi connectivity index (χ1v) is 6.32. The van der Waals surface area contributed by atoms with Gasteiger partial charge >= 0.3 is 5.97 Å². The Hall–Kier alpha value is -1.49. The largest absolute Gasteiger partial charge is 0.478 e. The third-order valence-electron chi connectivity index (χ3n) is 3.11. The average molecular weight is 251 g/mol. The van der Waals surface area contributed by atoms with Gasteiger partial charge in [-0.2, -0.15) is 0 Å². The first-order chi connectivity index (χ1) is 8.58. The molecule has 1 heterocycles. The molecular formula is C13H21N3O2. The van der Waals surface area contributed by atoms with E-state index in [0.717, 1.165) is 19.5 Å². The Balaban J connectivity index is 2.78. The number of aromatic carboxylic acids is 1. The molecule has 0 bridgehead atoms. The number of rotatable bonds is 7. The molecule has 1 atom stereocenters. The minimum Gasteiger partial charge on any atom is -0.478 e. The standard InChI is InChI=1S/C13H21N3O2/c1-4-10(3)7-16(5-2)8-12-11(13(17)18)6-14-9-15-12/h6,9-10H,4-5,7-8H2,1-3H3,(H,17,18). The number of carbonyl (C=O) groups is 1. The van der Waals surface area contributed by atoms with Crippen LogP contribution in [0.25, 0.3) is 0 Å². The number of carboxylic acid groups (broad SMARTS) is 1. The molecule has 1 unspecified atom stereocenters. The Labute approximate surface area is 108 Å². The van der Waals surface area contributed by atoms with Crippen molar-refractivity contribution in [3.63, 3.8) is 0 Å². The van der Waals surface area contributed by atoms with Crippen LogP contribution < -0.4 is 0 Å². The van der Waals surface area contributed by atoms with Crippen molar-refractivity contribution >= 4 is 5.97 Å². The summed E-state index contributed by atoms with van der Waals surface area (Å²) in [5.74, 6) is -0.370. The van der Waals surface area contributed by atoms with Gasteiger partial charge in [-0.25, -0.2) is 14.8 Å². The van der Waals surface area contributed by atoms with Crippen LogP contribution >= 0.6 is 0 Å². The van der Waals surface area contributed by atoms with Crippen molar-refractivity contribution in [2.24, 2.45) is 5.92 Å². The number of hydrogen-bond donors (Lipinski definition) is 1. The summed E-state index contributed by atoms with van der Waals surface area (Å²) in [4.78, 5) is 21.1. The molecule has 0 aromatic carbocycles. The fourth-order valence-electron chi connectivity index (χ4n) is 1.75. The molecule has 100 valence electrons. The van der Waals surface area contributed by atoms with Crippen LogP contribution in [-0.4, -0.2) is 39.0 Å². The second-order valence-electron chi connectivity index (χ2n) is 4.53. The molecule has 0 spiro atoms. The highest BCUT2D eigenvalue weighted by Gasteiger charge is 2.15. The van der Waals surface area contributed by atoms with Gasteiger partial charge in [0.25, 0.3) is 0 Å². The van der Waals surface area contributed by atoms with Gasteiger partial charge in [0.1, 0.15) is 11.9 Å². The van der Waals surface area contributed by atoms with Crippen LogP contribution in [-0.2, 0) is 6.54 Å². The van der Waals surface area contributed by atoms with Crippen molar-refractivity contribution in [1.82, 2.24) is 14.9 Å². The normalized spacial score (nSPS) is 12.7. The molecule has 1 N–H and O–H groups in total. The van der Waals surface area contributed by atoms with Gasteiger partial charge in [0.05, 0.1) is 5.69 Å². The molecular weight excluding hydrogens is 230 g/mol. The number of carboxylic acids is 1. The maximum Gasteiger partial charge on any atom is 0.339 e. The summed E-state index contributed by atoms with van der Waals surface area (Å²) < 4.78 is 0. The predicted octanol–water partition coefficient (Wildman–Crippen LogP) is 2.04. The molecule has 1 aromatic rings. The van der Waals surface area contributed by atoms with Gasteiger partial charge in [-0.15, -0.1) is 0 Å². The Kier molecular flexibility index (Phi) is 5.71. The van der Waals surface area contributed by atoms with Gasteiger partial charge in [0, 0.05) is 19.3 Å². The van der Waals surface area contributed by atoms with Crippen LogP contribution in [0.3, 0.4) is 0 Å². The van der Waals surface area contributed by atoms with Crippen LogP contribution in [0.5, 0.6) is 0 Å². The van der Waals surface area contributed by atoms with Crippen LogP contribution in [0.1, 0.15) is 43.2 Å². The zero-order chi connectivity index (χ0) is 13.5. The van der Waals surface area contributed by atoms with E-state index in [1.54, 1.807) is 0 Å². The van der Waals surface area contributed by atoms with E-state index in [0.29, 0.717) is 18.2 Å². The fraction of sp³-hybridized carbons (Fsp3) is 0.615. The van der Waals surface area contributed by atoms with Gasteiger partial charge in [-0.3, -0.25) is 4.90 Å². The lowest BCUT2D eigenvalue weighted by molar-refractivity contribution is 0.0693. The third-order valence-corrected chi connectivity index (χ3v) is 3.11. The van der Waals surface area contributed by atoms with Crippen molar-refractivity contribution in [2.45, 2.75) is 33.7 Å². The van der Waals surface area contributed by atoms with Gasteiger partial charge in [0.2, 0.25) is 0 Å². The highest BCUT2D eigenvalue weighted by Crippen LogP contribution is 2.10. The monoisotopic (exact) mass is 251 g/mol. The van der Waals surface area contributed by atoms with Crippen molar-refractivity contribution in [3.8, 4) is 0 Å². The van der Waals surface area contributed by atoms with E-state index in [1.165, 1.54) is 12.5 Å². The summed E-state index contributed by atoms with van der Waals surface area (Å²) >= 11 is 0. The van der Waals surface area contributed by atoms with Crippen LogP contribution in [0.2, 0.25) is 0 Å². The van der Waals surface area contributed by atoms with Crippen molar-refractivity contribution in [1.29, 1.82) is 0 Å². The van der Waals surface area contributed by atoms with Crippen molar-refractivity contribution in [2.75, 3.05) is 13.1 Å². The van der Waals surface area contributed by atoms with E-state index in [2.05, 4.69) is 35.6 Å². The summed E-state index contributed by atoms with van der Waals surface area (Å²) in [5.41, 5.74) is 0.780. The first kappa shape index (κ1) is 14.6. The fourth-order valence-corrected chi connectivity index (χ4v) is 1.75. The third kappa shape index (κ3) is 4.07. The van der Waals surface area contributed by atoms with Gasteiger partial charge in [-0.05, 0) is 12.5 Å². The molecule has 0 amide bonds. The summed E-state index contributed by atoms with van der Waals surface area (Å²) in [7, 11) is 0. The van der Waals surface area contributed by atoms with Gasteiger partial charge < -0.3 is 5.11 Å². The summed E-state index contributed by atoms with van der Waals surface area (Å²) in [6.07, 6.45) is 3.88. The van der Waals surface area contributed by atoms with E-state index in [4.69, 9.17) is 5.11 Å². The lowest BCUT2D eigenvalue weighted by Crippen LogP contribution is -2.29. The van der Waals surface area contributed by atoms with Crippen molar-refractivity contribution < 1.29 is 9.90 Å². The Morgan fingerprint density at radius 1 is 1.50 bits per heavy atom. The molecule has 0 saturated heterocycles. The van der Waals surface area contributed by atoms with Crippen LogP contribution in [0.15, 0.2) is 12.5 Å². The minimum absolute atomic E-state index is 0.195. The predicted molar refractivity (Wildman–Crippen MR) is 69.4 cm³/mol. The van der Waals surface area contributed by atoms with Crippen LogP contribution in [0.4, 0.5) is 0 Å². The van der Waals surface area contributed by atoms with Crippen LogP contribution in [0, 0.1) is 5.92 Å². The van der Waals surface area contributed by atoms with E-state index < -0.39 is 5.97 Å². The van der Waals surface area contributed by atoms with E-state index >= 15 is 0 Å². The maximum absolute atomic E-state index is 11.1. The highest BCUT2D eigenvalue weighted by atomic mass is 16.4. The quantitative estimate of drug-likeness (QED) is 0.803. The molecule has 5 nitrogen and oxygen atoms in total. The summed E-state index contributed by atoms with van der Waals surface area (Å²) in [6.45, 7) is 8.82. The van der Waals surface area contributed by atoms with E-state index in [9.17, 15) is 4.79 Å². The highest BCUT2D eigenvalue weighted by molar-refractivity contribution is 5.88. The molecule has 0 aliphatic rings. The zero-order valence-electron chi connectivity index (χ0n) is 11.3. The Morgan fingerprint density at radius 2 is 2.22 bits per heavy atom. The number of nitrogens with zero attached hydrogens (tertiary/aromatic N) is 3. The smallest absolute Gasteiger partial charge is 0.339 e. The Bertz CT molecular complexity index is 396. The zero-order valence-corrected chi connectivity index (χ0v) is 11.3. The molecule has 0 radical (unpaired) electrons. The second-order valence-corrected chi connectivity index (χ2v) is 4.53. The minimum atomic E-state index is -0.967. The topological polar surface area (TPSA) is 66.3 Å².